The van der Waals surface area contributed by atoms with Crippen molar-refractivity contribution < 1.29 is 27.1 Å². The number of rotatable bonds is 7. The van der Waals surface area contributed by atoms with Crippen molar-refractivity contribution in [2.24, 2.45) is 0 Å². The molecule has 0 aliphatic heterocycles. The lowest BCUT2D eigenvalue weighted by atomic mass is 10.1. The minimum absolute atomic E-state index is 0.0605. The summed E-state index contributed by atoms with van der Waals surface area (Å²) < 4.78 is 40.1. The summed E-state index contributed by atoms with van der Waals surface area (Å²) in [6.07, 6.45) is 1.51. The van der Waals surface area contributed by atoms with E-state index in [1.165, 1.54) is 18.4 Å². The Hall–Kier alpha value is -2.68. The van der Waals surface area contributed by atoms with E-state index in [0.29, 0.717) is 11.3 Å². The van der Waals surface area contributed by atoms with E-state index < -0.39 is 6.61 Å². The second-order valence-electron chi connectivity index (χ2n) is 5.35. The molecule has 2 aromatic heterocycles. The Morgan fingerprint density at radius 3 is 2.77 bits per heavy atom. The van der Waals surface area contributed by atoms with E-state index in [9.17, 15) is 13.6 Å². The number of carbonyl (C=O) groups excluding carboxylic acids is 1. The highest BCUT2D eigenvalue weighted by molar-refractivity contribution is 7.99. The van der Waals surface area contributed by atoms with Crippen molar-refractivity contribution in [3.8, 4) is 17.2 Å². The summed E-state index contributed by atoms with van der Waals surface area (Å²) >= 11 is 1.02. The van der Waals surface area contributed by atoms with Gasteiger partial charge in [0.15, 0.2) is 5.78 Å². The average molecular weight is 380 g/mol. The molecule has 0 saturated heterocycles. The van der Waals surface area contributed by atoms with Gasteiger partial charge in [-0.3, -0.25) is 4.79 Å². The highest BCUT2D eigenvalue weighted by Gasteiger charge is 2.19. The number of furan rings is 1. The van der Waals surface area contributed by atoms with Gasteiger partial charge in [0, 0.05) is 0 Å². The number of alkyl halides is 2. The zero-order chi connectivity index (χ0) is 18.7. The number of aryl methyl sites for hydroxylation is 2. The quantitative estimate of drug-likeness (QED) is 0.440. The van der Waals surface area contributed by atoms with Crippen molar-refractivity contribution in [2.45, 2.75) is 25.7 Å². The first-order valence-corrected chi connectivity index (χ1v) is 8.52. The Labute approximate surface area is 151 Å². The summed E-state index contributed by atoms with van der Waals surface area (Å²) in [7, 11) is 0. The minimum atomic E-state index is -3.01. The Morgan fingerprint density at radius 2 is 2.08 bits per heavy atom. The molecule has 0 unspecified atom stereocenters. The molecule has 0 spiro atoms. The van der Waals surface area contributed by atoms with Crippen LogP contribution in [0.1, 0.15) is 21.7 Å². The molecule has 6 nitrogen and oxygen atoms in total. The van der Waals surface area contributed by atoms with Crippen LogP contribution < -0.4 is 4.74 Å². The van der Waals surface area contributed by atoms with Crippen LogP contribution in [-0.2, 0) is 0 Å². The van der Waals surface area contributed by atoms with Crippen molar-refractivity contribution in [1.29, 1.82) is 0 Å². The largest absolute Gasteiger partial charge is 0.469 e. The summed E-state index contributed by atoms with van der Waals surface area (Å²) in [4.78, 5) is 12.4. The lowest BCUT2D eigenvalue weighted by Gasteiger charge is -2.10. The van der Waals surface area contributed by atoms with Crippen molar-refractivity contribution in [3.05, 3.63) is 47.4 Å². The van der Waals surface area contributed by atoms with Crippen LogP contribution in [0.4, 0.5) is 8.78 Å². The number of thioether (sulfide) groups is 1. The lowest BCUT2D eigenvalue weighted by molar-refractivity contribution is -0.0501. The van der Waals surface area contributed by atoms with E-state index in [4.69, 9.17) is 8.83 Å². The first kappa shape index (κ1) is 18.1. The molecule has 136 valence electrons. The van der Waals surface area contributed by atoms with Crippen molar-refractivity contribution in [1.82, 2.24) is 10.2 Å². The zero-order valence-corrected chi connectivity index (χ0v) is 14.7. The minimum Gasteiger partial charge on any atom is -0.469 e. The highest BCUT2D eigenvalue weighted by Crippen LogP contribution is 2.28. The van der Waals surface area contributed by atoms with Gasteiger partial charge in [-0.25, -0.2) is 0 Å². The van der Waals surface area contributed by atoms with Gasteiger partial charge in [-0.05, 0) is 32.0 Å². The monoisotopic (exact) mass is 380 g/mol. The molecule has 26 heavy (non-hydrogen) atoms. The fourth-order valence-electron chi connectivity index (χ4n) is 2.25. The summed E-state index contributed by atoms with van der Waals surface area (Å²) in [6.45, 7) is 0.514. The van der Waals surface area contributed by atoms with E-state index in [-0.39, 0.29) is 34.0 Å². The molecule has 0 N–H and O–H groups in total. The number of ketones is 1. The van der Waals surface area contributed by atoms with Crippen LogP contribution in [0.2, 0.25) is 0 Å². The van der Waals surface area contributed by atoms with Crippen LogP contribution >= 0.6 is 11.8 Å². The van der Waals surface area contributed by atoms with E-state index >= 15 is 0 Å². The SMILES string of the molecule is Cc1ccc(OC(F)F)c(C(=O)CSc2nnc(-c3ccoc3C)o2)c1. The maximum absolute atomic E-state index is 12.5. The second-order valence-corrected chi connectivity index (χ2v) is 6.28. The van der Waals surface area contributed by atoms with Gasteiger partial charge in [0.2, 0.25) is 0 Å². The molecule has 0 saturated carbocycles. The zero-order valence-electron chi connectivity index (χ0n) is 13.9. The van der Waals surface area contributed by atoms with Crippen LogP contribution in [0.15, 0.2) is 44.6 Å². The number of hydrogen-bond donors (Lipinski definition) is 0. The van der Waals surface area contributed by atoms with E-state index in [0.717, 1.165) is 17.3 Å². The predicted octanol–water partition coefficient (Wildman–Crippen LogP) is 4.52. The highest BCUT2D eigenvalue weighted by atomic mass is 32.2. The molecule has 0 amide bonds. The number of carbonyl (C=O) groups is 1. The number of nitrogens with zero attached hydrogens (tertiary/aromatic N) is 2. The molecular formula is C17H14F2N2O4S. The van der Waals surface area contributed by atoms with Gasteiger partial charge in [-0.1, -0.05) is 23.4 Å². The maximum Gasteiger partial charge on any atom is 0.387 e. The molecular weight excluding hydrogens is 366 g/mol. The Bertz CT molecular complexity index is 923. The summed E-state index contributed by atoms with van der Waals surface area (Å²) in [5.41, 5.74) is 1.51. The molecule has 3 aromatic rings. The molecule has 0 fully saturated rings. The second kappa shape index (κ2) is 7.69. The molecule has 0 bridgehead atoms. The first-order valence-electron chi connectivity index (χ1n) is 7.53. The first-order chi connectivity index (χ1) is 12.4. The molecule has 0 aliphatic rings. The fourth-order valence-corrected chi connectivity index (χ4v) is 2.90. The summed E-state index contributed by atoms with van der Waals surface area (Å²) in [5.74, 6) is 0.318. The number of aromatic nitrogens is 2. The number of Topliss-reactive ketones (excluding diaryl/α,β-unsaturated/α-hetero) is 1. The standard InChI is InChI=1S/C17H14F2N2O4S/c1-9-3-4-14(24-16(18)19)12(7-9)13(22)8-26-17-21-20-15(25-17)11-5-6-23-10(11)2/h3-7,16H,8H2,1-2H3. The van der Waals surface area contributed by atoms with Gasteiger partial charge in [0.25, 0.3) is 11.1 Å². The van der Waals surface area contributed by atoms with Crippen LogP contribution in [-0.4, -0.2) is 28.3 Å². The summed E-state index contributed by atoms with van der Waals surface area (Å²) in [6, 6.07) is 6.16. The van der Waals surface area contributed by atoms with Crippen LogP contribution in [0.25, 0.3) is 11.5 Å². The number of benzene rings is 1. The van der Waals surface area contributed by atoms with E-state index in [1.54, 1.807) is 26.0 Å². The van der Waals surface area contributed by atoms with E-state index in [1.807, 2.05) is 0 Å². The Morgan fingerprint density at radius 1 is 1.27 bits per heavy atom. The molecule has 2 heterocycles. The van der Waals surface area contributed by atoms with Crippen LogP contribution in [0.5, 0.6) is 5.75 Å². The van der Waals surface area contributed by atoms with E-state index in [2.05, 4.69) is 14.9 Å². The predicted molar refractivity (Wildman–Crippen MR) is 89.6 cm³/mol. The number of halogens is 2. The molecule has 0 radical (unpaired) electrons. The third kappa shape index (κ3) is 4.10. The lowest BCUT2D eigenvalue weighted by Crippen LogP contribution is -2.10. The van der Waals surface area contributed by atoms with Gasteiger partial charge in [0.05, 0.1) is 23.1 Å². The molecule has 3 rings (SSSR count). The third-order valence-corrected chi connectivity index (χ3v) is 4.29. The number of ether oxygens (including phenoxy) is 1. The van der Waals surface area contributed by atoms with Crippen LogP contribution in [0, 0.1) is 13.8 Å². The van der Waals surface area contributed by atoms with Gasteiger partial charge < -0.3 is 13.6 Å². The van der Waals surface area contributed by atoms with Gasteiger partial charge >= 0.3 is 6.61 Å². The fraction of sp³-hybridized carbons (Fsp3) is 0.235. The molecule has 0 atom stereocenters. The Kier molecular flexibility index (Phi) is 5.36. The summed E-state index contributed by atoms with van der Waals surface area (Å²) in [5, 5.41) is 7.97. The van der Waals surface area contributed by atoms with Crippen LogP contribution in [0.3, 0.4) is 0 Å². The van der Waals surface area contributed by atoms with Gasteiger partial charge in [0.1, 0.15) is 11.5 Å². The molecule has 9 heteroatoms. The van der Waals surface area contributed by atoms with Crippen molar-refractivity contribution in [3.63, 3.8) is 0 Å². The topological polar surface area (TPSA) is 78.4 Å². The Balaban J connectivity index is 1.71. The van der Waals surface area contributed by atoms with Crippen molar-refractivity contribution >= 4 is 17.5 Å². The number of hydrogen-bond acceptors (Lipinski definition) is 7. The van der Waals surface area contributed by atoms with Gasteiger partial charge in [-0.15, -0.1) is 10.2 Å². The van der Waals surface area contributed by atoms with Gasteiger partial charge in [-0.2, -0.15) is 8.78 Å². The normalized spacial score (nSPS) is 11.1. The molecule has 0 aliphatic carbocycles. The third-order valence-electron chi connectivity index (χ3n) is 3.47. The van der Waals surface area contributed by atoms with Crippen molar-refractivity contribution in [2.75, 3.05) is 5.75 Å². The smallest absolute Gasteiger partial charge is 0.387 e. The average Bonchev–Trinajstić information content (AvgIpc) is 3.22. The maximum atomic E-state index is 12.5. The molecule has 1 aromatic carbocycles.